The molecule has 0 N–H and O–H groups in total. The van der Waals surface area contributed by atoms with Crippen molar-refractivity contribution >= 4 is 34.0 Å². The summed E-state index contributed by atoms with van der Waals surface area (Å²) >= 11 is 6.05. The molecule has 0 aliphatic carbocycles. The van der Waals surface area contributed by atoms with Crippen molar-refractivity contribution in [1.82, 2.24) is 33.8 Å². The summed E-state index contributed by atoms with van der Waals surface area (Å²) in [6.07, 6.45) is 4.62. The van der Waals surface area contributed by atoms with Crippen LogP contribution >= 0.6 is 11.6 Å². The van der Waals surface area contributed by atoms with Crippen LogP contribution in [0.3, 0.4) is 0 Å². The zero-order valence-corrected chi connectivity index (χ0v) is 21.0. The Labute approximate surface area is 207 Å². The topological polar surface area (TPSA) is 100 Å². The lowest BCUT2D eigenvalue weighted by Gasteiger charge is -2.48. The van der Waals surface area contributed by atoms with Gasteiger partial charge in [-0.1, -0.05) is 18.5 Å². The quantitative estimate of drug-likeness (QED) is 0.421. The van der Waals surface area contributed by atoms with E-state index in [-0.39, 0.29) is 30.2 Å². The fourth-order valence-electron chi connectivity index (χ4n) is 5.12. The van der Waals surface area contributed by atoms with E-state index in [2.05, 4.69) is 46.8 Å². The van der Waals surface area contributed by atoms with Gasteiger partial charge >= 0.3 is 0 Å². The number of hydrogen-bond donors (Lipinski definition) is 0. The van der Waals surface area contributed by atoms with Crippen molar-refractivity contribution in [3.05, 3.63) is 51.8 Å². The molecular formula is C24H28ClN9O. The number of anilines is 1. The molecule has 0 saturated carbocycles. The fourth-order valence-corrected chi connectivity index (χ4v) is 5.30. The first kappa shape index (κ1) is 23.3. The highest BCUT2D eigenvalue weighted by molar-refractivity contribution is 6.29. The van der Waals surface area contributed by atoms with E-state index in [1.165, 1.54) is 0 Å². The monoisotopic (exact) mass is 493 g/mol. The van der Waals surface area contributed by atoms with Gasteiger partial charge in [-0.05, 0) is 26.3 Å². The van der Waals surface area contributed by atoms with Crippen LogP contribution in [0.25, 0.3) is 16.7 Å². The molecule has 4 aromatic heterocycles. The average Bonchev–Trinajstić information content (AvgIpc) is 3.43. The molecule has 0 radical (unpaired) electrons. The van der Waals surface area contributed by atoms with Crippen molar-refractivity contribution in [3.63, 3.8) is 0 Å². The summed E-state index contributed by atoms with van der Waals surface area (Å²) in [7, 11) is 1.74. The molecule has 3 atom stereocenters. The van der Waals surface area contributed by atoms with Crippen LogP contribution in [0.15, 0.2) is 35.4 Å². The summed E-state index contributed by atoms with van der Waals surface area (Å²) in [4.78, 5) is 22.4. The number of rotatable bonds is 5. The molecule has 1 unspecified atom stereocenters. The Morgan fingerprint density at radius 1 is 1.29 bits per heavy atom. The average molecular weight is 494 g/mol. The van der Waals surface area contributed by atoms with Crippen LogP contribution in [-0.4, -0.2) is 59.0 Å². The Morgan fingerprint density at radius 3 is 2.83 bits per heavy atom. The van der Waals surface area contributed by atoms with Gasteiger partial charge in [-0.2, -0.15) is 15.5 Å². The van der Waals surface area contributed by atoms with E-state index in [0.29, 0.717) is 5.15 Å². The fraction of sp³-hybridized carbons (Fsp3) is 0.458. The molecule has 0 amide bonds. The van der Waals surface area contributed by atoms with Crippen molar-refractivity contribution < 1.29 is 0 Å². The number of nitrogens with zero attached hydrogens (tertiary/aromatic N) is 9. The summed E-state index contributed by atoms with van der Waals surface area (Å²) < 4.78 is 4.87. The number of aryl methyl sites for hydroxylation is 1. The molecule has 4 aromatic rings. The number of pyridine rings is 1. The number of halogens is 1. The summed E-state index contributed by atoms with van der Waals surface area (Å²) in [5.74, 6) is 0. The molecule has 1 saturated heterocycles. The van der Waals surface area contributed by atoms with Crippen LogP contribution < -0.4 is 10.5 Å². The molecule has 1 fully saturated rings. The predicted molar refractivity (Wildman–Crippen MR) is 135 cm³/mol. The first-order valence-corrected chi connectivity index (χ1v) is 12.2. The molecule has 0 bridgehead atoms. The highest BCUT2D eigenvalue weighted by atomic mass is 35.5. The number of nitriles is 1. The molecule has 5 rings (SSSR count). The molecule has 35 heavy (non-hydrogen) atoms. The van der Waals surface area contributed by atoms with Gasteiger partial charge in [-0.3, -0.25) is 14.4 Å². The lowest BCUT2D eigenvalue weighted by Crippen LogP contribution is -2.58. The van der Waals surface area contributed by atoms with Gasteiger partial charge in [0.05, 0.1) is 29.2 Å². The lowest BCUT2D eigenvalue weighted by molar-refractivity contribution is 0.104. The Hall–Kier alpha value is -3.42. The van der Waals surface area contributed by atoms with E-state index >= 15 is 0 Å². The predicted octanol–water partition coefficient (Wildman–Crippen LogP) is 3.00. The van der Waals surface area contributed by atoms with Crippen molar-refractivity contribution in [3.8, 4) is 6.07 Å². The van der Waals surface area contributed by atoms with Crippen LogP contribution in [0.4, 0.5) is 5.69 Å². The summed E-state index contributed by atoms with van der Waals surface area (Å²) in [5, 5.41) is 18.4. The van der Waals surface area contributed by atoms with Crippen LogP contribution in [0, 0.1) is 11.3 Å². The second-order valence-corrected chi connectivity index (χ2v) is 9.59. The first-order valence-electron chi connectivity index (χ1n) is 11.8. The zero-order valence-electron chi connectivity index (χ0n) is 20.3. The van der Waals surface area contributed by atoms with Gasteiger partial charge in [-0.15, -0.1) is 0 Å². The summed E-state index contributed by atoms with van der Waals surface area (Å²) in [6, 6.07) is 8.06. The third-order valence-electron chi connectivity index (χ3n) is 7.08. The maximum Gasteiger partial charge on any atom is 0.252 e. The van der Waals surface area contributed by atoms with Gasteiger partial charge in [0.1, 0.15) is 12.1 Å². The molecule has 11 heteroatoms. The van der Waals surface area contributed by atoms with E-state index in [4.69, 9.17) is 21.8 Å². The van der Waals surface area contributed by atoms with Gasteiger partial charge in [-0.25, -0.2) is 9.50 Å². The van der Waals surface area contributed by atoms with Crippen molar-refractivity contribution in [2.75, 3.05) is 18.0 Å². The number of fused-ring (bicyclic) bond motifs is 2. The minimum absolute atomic E-state index is 0.0861. The molecule has 10 nitrogen and oxygen atoms in total. The van der Waals surface area contributed by atoms with Crippen LogP contribution in [0.2, 0.25) is 5.15 Å². The summed E-state index contributed by atoms with van der Waals surface area (Å²) in [5.41, 5.74) is 3.92. The third-order valence-corrected chi connectivity index (χ3v) is 7.26. The van der Waals surface area contributed by atoms with Gasteiger partial charge in [0, 0.05) is 56.6 Å². The SMILES string of the molecule is CC[C@@H]1CN(c2cc(=O)n(C)c3cn(CC#N)nc23)[C@@H](C)CN1C(C)c1ccn2nc(Cl)cc2n1. The second-order valence-electron chi connectivity index (χ2n) is 9.20. The third kappa shape index (κ3) is 4.05. The normalized spacial score (nSPS) is 19.9. The Balaban J connectivity index is 1.48. The highest BCUT2D eigenvalue weighted by Gasteiger charge is 2.35. The van der Waals surface area contributed by atoms with Crippen molar-refractivity contribution in [2.45, 2.75) is 51.9 Å². The number of hydrogen-bond acceptors (Lipinski definition) is 7. The maximum atomic E-state index is 12.8. The van der Waals surface area contributed by atoms with Crippen molar-refractivity contribution in [1.29, 1.82) is 5.26 Å². The molecule has 1 aliphatic rings. The minimum atomic E-state index is -0.0861. The van der Waals surface area contributed by atoms with Crippen molar-refractivity contribution in [2.24, 2.45) is 7.05 Å². The van der Waals surface area contributed by atoms with Gasteiger partial charge in [0.15, 0.2) is 10.8 Å². The van der Waals surface area contributed by atoms with Crippen LogP contribution in [0.1, 0.15) is 38.9 Å². The summed E-state index contributed by atoms with van der Waals surface area (Å²) in [6.45, 7) is 8.25. The van der Waals surface area contributed by atoms with Crippen LogP contribution in [0.5, 0.6) is 0 Å². The van der Waals surface area contributed by atoms with E-state index in [1.54, 1.807) is 39.1 Å². The maximum absolute atomic E-state index is 12.8. The zero-order chi connectivity index (χ0) is 24.9. The lowest BCUT2D eigenvalue weighted by atomic mass is 10.00. The smallest absolute Gasteiger partial charge is 0.252 e. The molecule has 182 valence electrons. The number of piperazine rings is 1. The van der Waals surface area contributed by atoms with Crippen LogP contribution in [-0.2, 0) is 13.6 Å². The molecule has 0 spiro atoms. The Morgan fingerprint density at radius 2 is 2.09 bits per heavy atom. The molecule has 5 heterocycles. The van der Waals surface area contributed by atoms with Gasteiger partial charge in [0.2, 0.25) is 0 Å². The van der Waals surface area contributed by atoms with E-state index < -0.39 is 0 Å². The second kappa shape index (κ2) is 8.98. The first-order chi connectivity index (χ1) is 16.8. The van der Waals surface area contributed by atoms with E-state index in [9.17, 15) is 4.79 Å². The Bertz CT molecular complexity index is 1500. The van der Waals surface area contributed by atoms with E-state index in [0.717, 1.165) is 47.6 Å². The van der Waals surface area contributed by atoms with E-state index in [1.807, 2.05) is 12.3 Å². The minimum Gasteiger partial charge on any atom is -0.364 e. The molecule has 0 aromatic carbocycles. The molecular weight excluding hydrogens is 466 g/mol. The Kier molecular flexibility index (Phi) is 5.99. The highest BCUT2D eigenvalue weighted by Crippen LogP contribution is 2.33. The van der Waals surface area contributed by atoms with Gasteiger partial charge < -0.3 is 9.47 Å². The largest absolute Gasteiger partial charge is 0.364 e. The van der Waals surface area contributed by atoms with Gasteiger partial charge in [0.25, 0.3) is 5.56 Å². The molecule has 1 aliphatic heterocycles. The number of aromatic nitrogens is 6. The standard InChI is InChI=1S/C24H28ClN9O/c1-5-17-13-32(19-10-23(35)30(4)20-14-31(9-7-26)29-24(19)20)15(2)12-33(17)16(3)18-6-8-34-22(27-18)11-21(25)28-34/h6,8,10-11,14-17H,5,9,12-13H2,1-4H3/t15-,16?,17+/m0/s1.